The number of rotatable bonds is 7. The fourth-order valence-electron chi connectivity index (χ4n) is 3.85. The van der Waals surface area contributed by atoms with E-state index < -0.39 is 17.7 Å². The molecule has 0 aliphatic rings. The van der Waals surface area contributed by atoms with Crippen LogP contribution in [-0.2, 0) is 7.05 Å². The van der Waals surface area contributed by atoms with Crippen molar-refractivity contribution in [2.24, 2.45) is 12.2 Å². The van der Waals surface area contributed by atoms with E-state index in [0.717, 1.165) is 16.0 Å². The Labute approximate surface area is 209 Å². The summed E-state index contributed by atoms with van der Waals surface area (Å²) >= 11 is 7.13. The van der Waals surface area contributed by atoms with E-state index in [1.165, 1.54) is 28.0 Å². The van der Waals surface area contributed by atoms with Gasteiger partial charge in [0.05, 0.1) is 5.71 Å². The minimum atomic E-state index is -0.981. The van der Waals surface area contributed by atoms with Crippen LogP contribution in [0.25, 0.3) is 10.4 Å². The molecule has 6 nitrogen and oxygen atoms in total. The number of thiophene rings is 1. The number of carbonyl (C=O) groups is 1. The van der Waals surface area contributed by atoms with Gasteiger partial charge in [0.1, 0.15) is 10.7 Å². The van der Waals surface area contributed by atoms with Crippen LogP contribution in [0.3, 0.4) is 0 Å². The second-order valence-electron chi connectivity index (χ2n) is 7.93. The highest BCUT2D eigenvalue weighted by Gasteiger charge is 2.22. The lowest BCUT2D eigenvalue weighted by atomic mass is 9.85. The summed E-state index contributed by atoms with van der Waals surface area (Å²) in [6.45, 7) is 0. The Kier molecular flexibility index (Phi) is 7.14. The van der Waals surface area contributed by atoms with Gasteiger partial charge in [-0.1, -0.05) is 47.1 Å². The molecule has 4 aromatic rings. The van der Waals surface area contributed by atoms with Crippen molar-refractivity contribution in [2.75, 3.05) is 0 Å². The van der Waals surface area contributed by atoms with Gasteiger partial charge in [0.25, 0.3) is 0 Å². The van der Waals surface area contributed by atoms with Crippen LogP contribution in [0.4, 0.5) is 4.39 Å². The van der Waals surface area contributed by atoms with Gasteiger partial charge in [0.2, 0.25) is 5.56 Å². The quantitative estimate of drug-likeness (QED) is 0.181. The third-order valence-corrected chi connectivity index (χ3v) is 7.05. The summed E-state index contributed by atoms with van der Waals surface area (Å²) in [7, 11) is 1.59. The fraction of sp³-hybridized carbons (Fsp3) is 0.115. The molecule has 2 heterocycles. The van der Waals surface area contributed by atoms with Gasteiger partial charge in [-0.3, -0.25) is 4.79 Å². The van der Waals surface area contributed by atoms with Gasteiger partial charge in [-0.05, 0) is 47.0 Å². The van der Waals surface area contributed by atoms with Gasteiger partial charge < -0.3 is 14.9 Å². The summed E-state index contributed by atoms with van der Waals surface area (Å²) in [4.78, 5) is 24.0. The topological polar surface area (TPSA) is 91.9 Å². The van der Waals surface area contributed by atoms with Crippen molar-refractivity contribution in [2.45, 2.75) is 12.3 Å². The Bertz CT molecular complexity index is 1480. The van der Waals surface area contributed by atoms with Crippen molar-refractivity contribution in [3.63, 3.8) is 0 Å². The predicted octanol–water partition coefficient (Wildman–Crippen LogP) is 6.01. The van der Waals surface area contributed by atoms with Crippen molar-refractivity contribution >= 4 is 34.6 Å². The summed E-state index contributed by atoms with van der Waals surface area (Å²) in [6.07, 6.45) is 1.71. The summed E-state index contributed by atoms with van der Waals surface area (Å²) < 4.78 is 16.4. The SMILES string of the molecule is Cn1cc(/C(CC(c2ccc(-c3ccc(C(=O)O)s3)cc2)c2ccc(Cl)cc2F)=N/O)ccc1=O. The third kappa shape index (κ3) is 5.34. The first-order chi connectivity index (χ1) is 16.8. The molecule has 0 radical (unpaired) electrons. The molecular weight excluding hydrogens is 491 g/mol. The lowest BCUT2D eigenvalue weighted by Gasteiger charge is -2.20. The Morgan fingerprint density at radius 3 is 2.46 bits per heavy atom. The molecule has 4 rings (SSSR count). The monoisotopic (exact) mass is 510 g/mol. The molecule has 9 heteroatoms. The molecule has 2 aromatic carbocycles. The molecule has 0 spiro atoms. The summed E-state index contributed by atoms with van der Waals surface area (Å²) in [5.41, 5.74) is 2.57. The second kappa shape index (κ2) is 10.2. The number of hydrogen-bond acceptors (Lipinski definition) is 5. The Morgan fingerprint density at radius 1 is 1.11 bits per heavy atom. The zero-order valence-corrected chi connectivity index (χ0v) is 20.1. The number of aromatic carboxylic acids is 1. The molecule has 0 fully saturated rings. The molecule has 1 atom stereocenters. The maximum Gasteiger partial charge on any atom is 0.345 e. The van der Waals surface area contributed by atoms with E-state index in [1.807, 2.05) is 24.3 Å². The molecule has 2 N–H and O–H groups in total. The molecule has 0 saturated heterocycles. The molecule has 2 aromatic heterocycles. The number of aromatic nitrogens is 1. The Hall–Kier alpha value is -3.75. The maximum atomic E-state index is 15.0. The number of benzene rings is 2. The fourth-order valence-corrected chi connectivity index (χ4v) is 4.86. The Balaban J connectivity index is 1.73. The Morgan fingerprint density at radius 2 is 1.86 bits per heavy atom. The lowest BCUT2D eigenvalue weighted by Crippen LogP contribution is -2.18. The summed E-state index contributed by atoms with van der Waals surface area (Å²) in [5, 5.41) is 22.7. The number of aryl methyl sites for hydroxylation is 1. The molecular formula is C26H20ClFN2O4S. The van der Waals surface area contributed by atoms with Gasteiger partial charge in [-0.15, -0.1) is 11.3 Å². The minimum absolute atomic E-state index is 0.148. The standard InChI is InChI=1S/C26H20ClFN2O4S/c1-30-14-17(6-11-25(30)31)22(29-34)13-20(19-8-7-18(27)12-21(19)28)15-2-4-16(5-3-15)23-9-10-24(35-23)26(32)33/h2-12,14,20,34H,13H2,1H3,(H,32,33)/b29-22+. The van der Waals surface area contributed by atoms with Crippen molar-refractivity contribution in [1.29, 1.82) is 0 Å². The maximum absolute atomic E-state index is 15.0. The van der Waals surface area contributed by atoms with Gasteiger partial charge >= 0.3 is 5.97 Å². The van der Waals surface area contributed by atoms with Crippen LogP contribution in [0.2, 0.25) is 5.02 Å². The number of carboxylic acid groups (broad SMARTS) is 1. The van der Waals surface area contributed by atoms with Crippen molar-refractivity contribution in [3.8, 4) is 10.4 Å². The molecule has 178 valence electrons. The van der Waals surface area contributed by atoms with Crippen LogP contribution in [0.5, 0.6) is 0 Å². The minimum Gasteiger partial charge on any atom is -0.477 e. The van der Waals surface area contributed by atoms with E-state index in [0.29, 0.717) is 11.1 Å². The van der Waals surface area contributed by atoms with E-state index in [4.69, 9.17) is 11.6 Å². The largest absolute Gasteiger partial charge is 0.477 e. The second-order valence-corrected chi connectivity index (χ2v) is 9.45. The smallest absolute Gasteiger partial charge is 0.345 e. The lowest BCUT2D eigenvalue weighted by molar-refractivity contribution is 0.0702. The summed E-state index contributed by atoms with van der Waals surface area (Å²) in [6, 6.07) is 18.0. The van der Waals surface area contributed by atoms with Crippen molar-refractivity contribution in [1.82, 2.24) is 4.57 Å². The van der Waals surface area contributed by atoms with E-state index in [9.17, 15) is 24.3 Å². The number of carboxylic acids is 1. The van der Waals surface area contributed by atoms with Gasteiger partial charge in [-0.25, -0.2) is 9.18 Å². The zero-order chi connectivity index (χ0) is 25.1. The van der Waals surface area contributed by atoms with E-state index in [-0.39, 0.29) is 27.6 Å². The molecule has 0 aliphatic heterocycles. The van der Waals surface area contributed by atoms with Crippen LogP contribution in [0, 0.1) is 5.82 Å². The number of pyridine rings is 1. The van der Waals surface area contributed by atoms with Crippen LogP contribution < -0.4 is 5.56 Å². The number of oxime groups is 1. The van der Waals surface area contributed by atoms with E-state index in [2.05, 4.69) is 5.16 Å². The number of nitrogens with zero attached hydrogens (tertiary/aromatic N) is 2. The van der Waals surface area contributed by atoms with Gasteiger partial charge in [-0.2, -0.15) is 0 Å². The first-order valence-electron chi connectivity index (χ1n) is 10.5. The molecule has 0 bridgehead atoms. The van der Waals surface area contributed by atoms with Gasteiger partial charge in [0, 0.05) is 47.1 Å². The first kappa shape index (κ1) is 24.4. The average molecular weight is 511 g/mol. The van der Waals surface area contributed by atoms with E-state index >= 15 is 0 Å². The van der Waals surface area contributed by atoms with Gasteiger partial charge in [0.15, 0.2) is 0 Å². The predicted molar refractivity (Wildman–Crippen MR) is 135 cm³/mol. The number of hydrogen-bond donors (Lipinski definition) is 2. The normalized spacial score (nSPS) is 12.5. The first-order valence-corrected chi connectivity index (χ1v) is 11.7. The number of halogens is 2. The van der Waals surface area contributed by atoms with Crippen molar-refractivity contribution < 1.29 is 19.5 Å². The molecule has 1 unspecified atom stereocenters. The highest BCUT2D eigenvalue weighted by molar-refractivity contribution is 7.17. The zero-order valence-electron chi connectivity index (χ0n) is 18.5. The molecule has 0 amide bonds. The highest BCUT2D eigenvalue weighted by Crippen LogP contribution is 2.35. The van der Waals surface area contributed by atoms with Crippen LogP contribution in [0.15, 0.2) is 82.9 Å². The van der Waals surface area contributed by atoms with Crippen molar-refractivity contribution in [3.05, 3.63) is 116 Å². The van der Waals surface area contributed by atoms with Crippen LogP contribution in [0.1, 0.15) is 38.7 Å². The van der Waals surface area contributed by atoms with E-state index in [1.54, 1.807) is 43.6 Å². The van der Waals surface area contributed by atoms with Crippen LogP contribution in [-0.4, -0.2) is 26.6 Å². The third-order valence-electron chi connectivity index (χ3n) is 5.69. The average Bonchev–Trinajstić information content (AvgIpc) is 3.34. The summed E-state index contributed by atoms with van der Waals surface area (Å²) in [5.74, 6) is -2.00. The molecule has 0 saturated carbocycles. The molecule has 0 aliphatic carbocycles. The highest BCUT2D eigenvalue weighted by atomic mass is 35.5. The van der Waals surface area contributed by atoms with Crippen LogP contribution >= 0.6 is 22.9 Å². The molecule has 35 heavy (non-hydrogen) atoms.